The van der Waals surface area contributed by atoms with Crippen LogP contribution >= 0.6 is 23.1 Å². The van der Waals surface area contributed by atoms with E-state index in [-0.39, 0.29) is 11.1 Å². The largest absolute Gasteiger partial charge is 0.371 e. The zero-order valence-corrected chi connectivity index (χ0v) is 15.0. The Bertz CT molecular complexity index is 707. The molecule has 2 aromatic heterocycles. The first-order valence-corrected chi connectivity index (χ1v) is 10.3. The molecular weight excluding hydrogens is 328 g/mol. The Labute approximate surface area is 133 Å². The van der Waals surface area contributed by atoms with E-state index in [4.69, 9.17) is 0 Å². The van der Waals surface area contributed by atoms with Crippen LogP contribution in [0.5, 0.6) is 0 Å². The van der Waals surface area contributed by atoms with Crippen molar-refractivity contribution >= 4 is 43.9 Å². The first-order valence-electron chi connectivity index (χ1n) is 6.57. The first kappa shape index (κ1) is 16.6. The van der Waals surface area contributed by atoms with Crippen LogP contribution in [-0.4, -0.2) is 54.3 Å². The Hall–Kier alpha value is -0.770. The normalized spacial score (nSPS) is 14.0. The second-order valence-electron chi connectivity index (χ2n) is 4.61. The van der Waals surface area contributed by atoms with E-state index < -0.39 is 10.0 Å². The molecule has 2 aromatic rings. The predicted octanol–water partition coefficient (Wildman–Crippen LogP) is 2.20. The fourth-order valence-electron chi connectivity index (χ4n) is 2.18. The molecule has 1 unspecified atom stereocenters. The predicted molar refractivity (Wildman–Crippen MR) is 90.0 cm³/mol. The zero-order chi connectivity index (χ0) is 15.6. The van der Waals surface area contributed by atoms with Gasteiger partial charge in [-0.2, -0.15) is 16.1 Å². The summed E-state index contributed by atoms with van der Waals surface area (Å²) in [5.74, 6) is 1.17. The smallest absolute Gasteiger partial charge is 0.262 e. The van der Waals surface area contributed by atoms with Crippen LogP contribution in [0.15, 0.2) is 16.6 Å². The van der Waals surface area contributed by atoms with E-state index in [9.17, 15) is 8.42 Å². The van der Waals surface area contributed by atoms with E-state index in [2.05, 4.69) is 10.3 Å². The van der Waals surface area contributed by atoms with Gasteiger partial charge in [0.1, 0.15) is 0 Å². The van der Waals surface area contributed by atoms with Gasteiger partial charge in [0.2, 0.25) is 0 Å². The molecule has 0 amide bonds. The van der Waals surface area contributed by atoms with Gasteiger partial charge in [-0.25, -0.2) is 13.4 Å². The van der Waals surface area contributed by atoms with E-state index in [1.165, 1.54) is 15.6 Å². The molecule has 21 heavy (non-hydrogen) atoms. The van der Waals surface area contributed by atoms with E-state index in [0.717, 1.165) is 12.2 Å². The Morgan fingerprint density at radius 1 is 1.57 bits per heavy atom. The molecule has 0 bridgehead atoms. The summed E-state index contributed by atoms with van der Waals surface area (Å²) in [4.78, 5) is 5.00. The van der Waals surface area contributed by atoms with Crippen molar-refractivity contribution in [1.29, 1.82) is 0 Å². The van der Waals surface area contributed by atoms with Crippen molar-refractivity contribution in [3.8, 4) is 0 Å². The van der Waals surface area contributed by atoms with E-state index in [0.29, 0.717) is 10.8 Å². The topological polar surface area (TPSA) is 66.7 Å². The SMILES string of the molecule is CCC(CSC)N(C)S(=O)(=O)c1c(NC)nc2sccn12. The lowest BCUT2D eigenvalue weighted by Crippen LogP contribution is -2.39. The molecule has 0 radical (unpaired) electrons. The average Bonchev–Trinajstić information content (AvgIpc) is 3.03. The van der Waals surface area contributed by atoms with Crippen molar-refractivity contribution in [2.75, 3.05) is 31.4 Å². The molecule has 0 aliphatic rings. The van der Waals surface area contributed by atoms with Crippen LogP contribution < -0.4 is 5.32 Å². The maximum atomic E-state index is 13.0. The maximum absolute atomic E-state index is 13.0. The third-order valence-corrected chi connectivity index (χ3v) is 6.83. The van der Waals surface area contributed by atoms with Crippen molar-refractivity contribution in [2.24, 2.45) is 0 Å². The molecule has 2 rings (SSSR count). The summed E-state index contributed by atoms with van der Waals surface area (Å²) >= 11 is 3.06. The molecule has 2 heterocycles. The summed E-state index contributed by atoms with van der Waals surface area (Å²) in [7, 11) is -0.275. The molecule has 0 fully saturated rings. The highest BCUT2D eigenvalue weighted by molar-refractivity contribution is 7.98. The molecule has 0 aromatic carbocycles. The number of nitrogens with zero attached hydrogens (tertiary/aromatic N) is 3. The van der Waals surface area contributed by atoms with Gasteiger partial charge in [-0.3, -0.25) is 4.40 Å². The van der Waals surface area contributed by atoms with Crippen LogP contribution in [-0.2, 0) is 10.0 Å². The number of nitrogens with one attached hydrogen (secondary N) is 1. The quantitative estimate of drug-likeness (QED) is 0.831. The molecule has 0 aliphatic heterocycles. The van der Waals surface area contributed by atoms with Crippen LogP contribution in [0, 0.1) is 0 Å². The van der Waals surface area contributed by atoms with Crippen LogP contribution in [0.25, 0.3) is 4.96 Å². The molecular formula is C12H20N4O2S3. The molecule has 118 valence electrons. The summed E-state index contributed by atoms with van der Waals surface area (Å²) in [6.07, 6.45) is 4.50. The highest BCUT2D eigenvalue weighted by atomic mass is 32.2. The zero-order valence-electron chi connectivity index (χ0n) is 12.5. The number of imidazole rings is 1. The van der Waals surface area contributed by atoms with E-state index in [1.54, 1.807) is 36.5 Å². The van der Waals surface area contributed by atoms with Crippen molar-refractivity contribution in [3.05, 3.63) is 11.6 Å². The number of fused-ring (bicyclic) bond motifs is 1. The van der Waals surface area contributed by atoms with Gasteiger partial charge >= 0.3 is 0 Å². The van der Waals surface area contributed by atoms with E-state index >= 15 is 0 Å². The Balaban J connectivity index is 2.52. The second-order valence-corrected chi connectivity index (χ2v) is 8.31. The lowest BCUT2D eigenvalue weighted by molar-refractivity contribution is 0.384. The maximum Gasteiger partial charge on any atom is 0.262 e. The van der Waals surface area contributed by atoms with Gasteiger partial charge in [0.25, 0.3) is 10.0 Å². The second kappa shape index (κ2) is 6.55. The van der Waals surface area contributed by atoms with Crippen LogP contribution in [0.2, 0.25) is 0 Å². The molecule has 9 heteroatoms. The molecule has 0 spiro atoms. The van der Waals surface area contributed by atoms with Gasteiger partial charge < -0.3 is 5.32 Å². The third-order valence-electron chi connectivity index (χ3n) is 3.42. The van der Waals surface area contributed by atoms with Crippen LogP contribution in [0.1, 0.15) is 13.3 Å². The molecule has 0 saturated carbocycles. The highest BCUT2D eigenvalue weighted by Crippen LogP contribution is 2.29. The molecule has 1 N–H and O–H groups in total. The summed E-state index contributed by atoms with van der Waals surface area (Å²) in [5, 5.41) is 4.93. The number of aromatic nitrogens is 2. The van der Waals surface area contributed by atoms with Gasteiger partial charge in [0.15, 0.2) is 15.8 Å². The third kappa shape index (κ3) is 2.92. The number of anilines is 1. The number of thioether (sulfide) groups is 1. The minimum absolute atomic E-state index is 0.0288. The summed E-state index contributed by atoms with van der Waals surface area (Å²) in [6, 6.07) is -0.0288. The summed E-state index contributed by atoms with van der Waals surface area (Å²) in [5.41, 5.74) is 0. The minimum Gasteiger partial charge on any atom is -0.371 e. The first-order chi connectivity index (χ1) is 9.97. The number of rotatable bonds is 7. The average molecular weight is 349 g/mol. The van der Waals surface area contributed by atoms with E-state index in [1.807, 2.05) is 18.6 Å². The van der Waals surface area contributed by atoms with Gasteiger partial charge in [-0.05, 0) is 12.7 Å². The molecule has 0 saturated heterocycles. The Morgan fingerprint density at radius 2 is 2.29 bits per heavy atom. The number of sulfonamides is 1. The van der Waals surface area contributed by atoms with Gasteiger partial charge in [-0.1, -0.05) is 6.92 Å². The standard InChI is InChI=1S/C12H20N4O2S3/c1-5-9(8-19-4)15(3)21(17,18)11-10(13-2)14-12-16(11)6-7-20-12/h6-7,9,13H,5,8H2,1-4H3. The fourth-order valence-corrected chi connectivity index (χ4v) is 5.57. The molecule has 6 nitrogen and oxygen atoms in total. The number of hydrogen-bond acceptors (Lipinski definition) is 6. The summed E-state index contributed by atoms with van der Waals surface area (Å²) in [6.45, 7) is 2.00. The Morgan fingerprint density at radius 3 is 2.86 bits per heavy atom. The molecule has 1 atom stereocenters. The molecule has 0 aliphatic carbocycles. The number of hydrogen-bond donors (Lipinski definition) is 1. The fraction of sp³-hybridized carbons (Fsp3) is 0.583. The lowest BCUT2D eigenvalue weighted by Gasteiger charge is -2.25. The highest BCUT2D eigenvalue weighted by Gasteiger charge is 2.32. The summed E-state index contributed by atoms with van der Waals surface area (Å²) < 4.78 is 29.1. The Kier molecular flexibility index (Phi) is 5.18. The van der Waals surface area contributed by atoms with Gasteiger partial charge in [0, 0.05) is 37.5 Å². The van der Waals surface area contributed by atoms with Crippen molar-refractivity contribution < 1.29 is 8.42 Å². The monoisotopic (exact) mass is 348 g/mol. The van der Waals surface area contributed by atoms with Gasteiger partial charge in [0.05, 0.1) is 0 Å². The van der Waals surface area contributed by atoms with Crippen molar-refractivity contribution in [1.82, 2.24) is 13.7 Å². The van der Waals surface area contributed by atoms with Crippen molar-refractivity contribution in [2.45, 2.75) is 24.4 Å². The van der Waals surface area contributed by atoms with Crippen LogP contribution in [0.3, 0.4) is 0 Å². The van der Waals surface area contributed by atoms with Crippen LogP contribution in [0.4, 0.5) is 5.82 Å². The minimum atomic E-state index is -3.60. The number of thiazole rings is 1. The lowest BCUT2D eigenvalue weighted by atomic mass is 10.3. The van der Waals surface area contributed by atoms with Crippen molar-refractivity contribution in [3.63, 3.8) is 0 Å². The van der Waals surface area contributed by atoms with Gasteiger partial charge in [-0.15, -0.1) is 11.3 Å².